The van der Waals surface area contributed by atoms with Crippen molar-refractivity contribution in [3.63, 3.8) is 0 Å². The molecule has 7 nitrogen and oxygen atoms in total. The predicted octanol–water partition coefficient (Wildman–Crippen LogP) is 1.13. The summed E-state index contributed by atoms with van der Waals surface area (Å²) in [6.45, 7) is 0. The highest BCUT2D eigenvalue weighted by Crippen LogP contribution is 2.18. The Bertz CT molecular complexity index is 762. The fraction of sp³-hybridized carbons (Fsp3) is 0.467. The van der Waals surface area contributed by atoms with Crippen molar-refractivity contribution in [3.8, 4) is 0 Å². The summed E-state index contributed by atoms with van der Waals surface area (Å²) in [5.74, 6) is -1.64. The van der Waals surface area contributed by atoms with Gasteiger partial charge in [0.25, 0.3) is 5.91 Å². The van der Waals surface area contributed by atoms with E-state index >= 15 is 0 Å². The molecule has 138 valence electrons. The van der Waals surface area contributed by atoms with Gasteiger partial charge in [-0.1, -0.05) is 12.8 Å². The number of amides is 1. The average Bonchev–Trinajstić information content (AvgIpc) is 3.05. The van der Waals surface area contributed by atoms with E-state index in [0.29, 0.717) is 0 Å². The molecule has 0 saturated heterocycles. The fourth-order valence-corrected chi connectivity index (χ4v) is 3.67. The molecule has 1 aliphatic rings. The number of sulfonamides is 1. The van der Waals surface area contributed by atoms with Crippen LogP contribution in [0, 0.1) is 5.82 Å². The summed E-state index contributed by atoms with van der Waals surface area (Å²) in [7, 11) is -1.06. The van der Waals surface area contributed by atoms with Crippen LogP contribution in [0.1, 0.15) is 36.0 Å². The zero-order valence-electron chi connectivity index (χ0n) is 14.0. The summed E-state index contributed by atoms with van der Waals surface area (Å²) in [5.41, 5.74) is 4.40. The lowest BCUT2D eigenvalue weighted by molar-refractivity contribution is 0.0939. The Morgan fingerprint density at radius 1 is 1.24 bits per heavy atom. The molecule has 0 spiro atoms. The van der Waals surface area contributed by atoms with Crippen molar-refractivity contribution < 1.29 is 17.6 Å². The van der Waals surface area contributed by atoms with Gasteiger partial charge in [0.1, 0.15) is 5.82 Å². The van der Waals surface area contributed by atoms with Gasteiger partial charge >= 0.3 is 0 Å². The number of carbonyl (C=O) groups is 1. The second-order valence-electron chi connectivity index (χ2n) is 5.96. The molecule has 0 heterocycles. The van der Waals surface area contributed by atoms with Crippen LogP contribution in [0.15, 0.2) is 23.1 Å². The van der Waals surface area contributed by atoms with E-state index in [1.165, 1.54) is 14.1 Å². The third-order valence-corrected chi connectivity index (χ3v) is 5.97. The summed E-state index contributed by atoms with van der Waals surface area (Å²) in [4.78, 5) is 12.0. The normalized spacial score (nSPS) is 15.2. The first kappa shape index (κ1) is 19.5. The quantitative estimate of drug-likeness (QED) is 0.529. The molecule has 0 bridgehead atoms. The lowest BCUT2D eigenvalue weighted by Gasteiger charge is -2.16. The highest BCUT2D eigenvalue weighted by atomic mass is 32.2. The number of nitrogens with one attached hydrogen (secondary N) is 3. The SMILES string of the molecule is CN(C)S(=O)(=O)c1ccc(F)c(C(=O)NNC(=S)NC2CCCC2)c1. The molecule has 0 radical (unpaired) electrons. The van der Waals surface area contributed by atoms with Gasteiger partial charge in [0.2, 0.25) is 10.0 Å². The number of benzene rings is 1. The van der Waals surface area contributed by atoms with Crippen molar-refractivity contribution in [2.24, 2.45) is 0 Å². The van der Waals surface area contributed by atoms with Crippen LogP contribution in [0.4, 0.5) is 4.39 Å². The zero-order chi connectivity index (χ0) is 18.6. The Balaban J connectivity index is 2.04. The lowest BCUT2D eigenvalue weighted by Crippen LogP contribution is -2.49. The number of nitrogens with zero attached hydrogens (tertiary/aromatic N) is 1. The standard InChI is InChI=1S/C15H21FN4O3S2/c1-20(2)25(22,23)11-7-8-13(16)12(9-11)14(21)18-19-15(24)17-10-5-3-4-6-10/h7-10H,3-6H2,1-2H3,(H,18,21)(H2,17,19,24). The van der Waals surface area contributed by atoms with Crippen molar-refractivity contribution in [1.29, 1.82) is 0 Å². The highest BCUT2D eigenvalue weighted by Gasteiger charge is 2.22. The van der Waals surface area contributed by atoms with E-state index in [0.717, 1.165) is 48.2 Å². The number of hydrogen-bond acceptors (Lipinski definition) is 4. The van der Waals surface area contributed by atoms with Crippen molar-refractivity contribution in [1.82, 2.24) is 20.5 Å². The minimum atomic E-state index is -3.77. The van der Waals surface area contributed by atoms with Gasteiger partial charge < -0.3 is 5.32 Å². The topological polar surface area (TPSA) is 90.5 Å². The molecular weight excluding hydrogens is 367 g/mol. The first-order valence-electron chi connectivity index (χ1n) is 7.80. The number of thiocarbonyl (C=S) groups is 1. The molecule has 1 saturated carbocycles. The molecule has 0 aliphatic heterocycles. The van der Waals surface area contributed by atoms with Gasteiger partial charge in [0, 0.05) is 20.1 Å². The Kier molecular flexibility index (Phi) is 6.31. The zero-order valence-corrected chi connectivity index (χ0v) is 15.6. The molecule has 3 N–H and O–H groups in total. The Morgan fingerprint density at radius 2 is 1.88 bits per heavy atom. The Hall–Kier alpha value is -1.78. The maximum atomic E-state index is 13.9. The van der Waals surface area contributed by atoms with E-state index < -0.39 is 21.7 Å². The van der Waals surface area contributed by atoms with Crippen LogP contribution in [0.5, 0.6) is 0 Å². The minimum Gasteiger partial charge on any atom is -0.359 e. The summed E-state index contributed by atoms with van der Waals surface area (Å²) in [6, 6.07) is 3.32. The van der Waals surface area contributed by atoms with Gasteiger partial charge in [0.05, 0.1) is 10.5 Å². The van der Waals surface area contributed by atoms with Gasteiger partial charge in [-0.2, -0.15) is 0 Å². The molecule has 1 amide bonds. The van der Waals surface area contributed by atoms with Crippen molar-refractivity contribution in [2.75, 3.05) is 14.1 Å². The van der Waals surface area contributed by atoms with E-state index in [1.54, 1.807) is 0 Å². The molecule has 0 unspecified atom stereocenters. The largest absolute Gasteiger partial charge is 0.359 e. The van der Waals surface area contributed by atoms with Gasteiger partial charge in [-0.15, -0.1) is 0 Å². The van der Waals surface area contributed by atoms with E-state index in [2.05, 4.69) is 16.2 Å². The van der Waals surface area contributed by atoms with Crippen LogP contribution >= 0.6 is 12.2 Å². The predicted molar refractivity (Wildman–Crippen MR) is 95.9 cm³/mol. The maximum absolute atomic E-state index is 13.9. The fourth-order valence-electron chi connectivity index (χ4n) is 2.52. The first-order valence-corrected chi connectivity index (χ1v) is 9.65. The van der Waals surface area contributed by atoms with Gasteiger partial charge in [-0.3, -0.25) is 15.6 Å². The molecule has 1 aliphatic carbocycles. The molecule has 10 heteroatoms. The monoisotopic (exact) mass is 388 g/mol. The minimum absolute atomic E-state index is 0.171. The maximum Gasteiger partial charge on any atom is 0.272 e. The third kappa shape index (κ3) is 4.86. The van der Waals surface area contributed by atoms with Crippen LogP contribution in [-0.2, 0) is 10.0 Å². The summed E-state index contributed by atoms with van der Waals surface area (Å²) < 4.78 is 39.1. The summed E-state index contributed by atoms with van der Waals surface area (Å²) in [6.07, 6.45) is 4.28. The smallest absolute Gasteiger partial charge is 0.272 e. The summed E-state index contributed by atoms with van der Waals surface area (Å²) >= 11 is 5.08. The van der Waals surface area contributed by atoms with Gasteiger partial charge in [-0.25, -0.2) is 17.1 Å². The van der Waals surface area contributed by atoms with Crippen LogP contribution in [0.2, 0.25) is 0 Å². The second-order valence-corrected chi connectivity index (χ2v) is 8.52. The molecule has 0 atom stereocenters. The molecular formula is C15H21FN4O3S2. The van der Waals surface area contributed by atoms with Crippen LogP contribution < -0.4 is 16.2 Å². The van der Waals surface area contributed by atoms with Crippen LogP contribution in [0.25, 0.3) is 0 Å². The van der Waals surface area contributed by atoms with E-state index in [9.17, 15) is 17.6 Å². The van der Waals surface area contributed by atoms with E-state index in [1.807, 2.05) is 0 Å². The number of rotatable bonds is 4. The second kappa shape index (κ2) is 8.07. The Labute approximate surface area is 152 Å². The number of halogens is 1. The van der Waals surface area contributed by atoms with Gasteiger partial charge in [0.15, 0.2) is 5.11 Å². The lowest BCUT2D eigenvalue weighted by atomic mass is 10.2. The molecule has 0 aromatic heterocycles. The van der Waals surface area contributed by atoms with Crippen molar-refractivity contribution >= 4 is 33.3 Å². The molecule has 1 fully saturated rings. The van der Waals surface area contributed by atoms with E-state index in [4.69, 9.17) is 12.2 Å². The molecule has 2 rings (SSSR count). The van der Waals surface area contributed by atoms with Crippen LogP contribution in [-0.4, -0.2) is 43.9 Å². The Morgan fingerprint density at radius 3 is 2.48 bits per heavy atom. The molecule has 1 aromatic carbocycles. The van der Waals surface area contributed by atoms with Crippen molar-refractivity contribution in [2.45, 2.75) is 36.6 Å². The van der Waals surface area contributed by atoms with E-state index in [-0.39, 0.29) is 21.6 Å². The molecule has 1 aromatic rings. The van der Waals surface area contributed by atoms with Crippen LogP contribution in [0.3, 0.4) is 0 Å². The average molecular weight is 388 g/mol. The van der Waals surface area contributed by atoms with Crippen molar-refractivity contribution in [3.05, 3.63) is 29.6 Å². The molecule has 25 heavy (non-hydrogen) atoms. The number of hydrogen-bond donors (Lipinski definition) is 3. The van der Waals surface area contributed by atoms with Gasteiger partial charge in [-0.05, 0) is 43.3 Å². The number of hydrazine groups is 1. The first-order chi connectivity index (χ1) is 11.7. The summed E-state index contributed by atoms with van der Waals surface area (Å²) in [5, 5.41) is 3.29. The highest BCUT2D eigenvalue weighted by molar-refractivity contribution is 7.89. The third-order valence-electron chi connectivity index (χ3n) is 3.94. The number of carbonyl (C=O) groups excluding carboxylic acids is 1.